The summed E-state index contributed by atoms with van der Waals surface area (Å²) in [6, 6.07) is 7.36. The van der Waals surface area contributed by atoms with Crippen molar-refractivity contribution in [1.82, 2.24) is 20.1 Å². The van der Waals surface area contributed by atoms with E-state index in [0.717, 1.165) is 82.1 Å². The van der Waals surface area contributed by atoms with Gasteiger partial charge in [0.1, 0.15) is 11.9 Å². The van der Waals surface area contributed by atoms with Crippen molar-refractivity contribution < 1.29 is 33.0 Å². The number of nitrogens with one attached hydrogen (secondary N) is 2. The molecule has 3 fully saturated rings. The minimum absolute atomic E-state index is 0.162. The number of carbonyl (C=O) groups is 4. The van der Waals surface area contributed by atoms with E-state index in [2.05, 4.69) is 20.5 Å². The summed E-state index contributed by atoms with van der Waals surface area (Å²) in [4.78, 5) is 58.4. The minimum atomic E-state index is -0.709. The standard InChI is InChI=1S/C43H50Cl2FN5O6/c44-34-23-47-24-35(45)40(34)49-41(53)29-10-12-37(38(20-29)57-26-27-8-9-27)56-19-7-5-3-1-2-4-6-16-50-17-14-28(15-18-50)31-21-30(46)22-32-33(31)25-51(43(32)55)36-11-13-39(52)48-42(36)54/h10,12,20-24,27-28,36H,1-9,11,13-19,25-26H2,(H,47,49,53)(H,48,52,54). The third-order valence-electron chi connectivity index (χ3n) is 11.5. The van der Waals surface area contributed by atoms with E-state index >= 15 is 0 Å². The number of imide groups is 1. The molecule has 2 aromatic carbocycles. The summed E-state index contributed by atoms with van der Waals surface area (Å²) in [6.45, 7) is 4.34. The van der Waals surface area contributed by atoms with Gasteiger partial charge in [-0.2, -0.15) is 0 Å². The Balaban J connectivity index is 0.783. The van der Waals surface area contributed by atoms with Gasteiger partial charge in [0.2, 0.25) is 11.8 Å². The van der Waals surface area contributed by atoms with Crippen LogP contribution in [0.25, 0.3) is 0 Å². The Morgan fingerprint density at radius 2 is 1.60 bits per heavy atom. The fourth-order valence-electron chi connectivity index (χ4n) is 8.08. The molecule has 2 saturated heterocycles. The molecule has 2 N–H and O–H groups in total. The highest BCUT2D eigenvalue weighted by Gasteiger charge is 2.41. The molecule has 0 radical (unpaired) electrons. The molecule has 1 unspecified atom stereocenters. The Morgan fingerprint density at radius 1 is 0.877 bits per heavy atom. The SMILES string of the molecule is O=C1CCC(N2Cc3c(cc(F)cc3C3CCN(CCCCCCCCCOc4ccc(C(=O)Nc5c(Cl)cncc5Cl)cc4OCC4CC4)CC3)C2=O)C(=O)N1. The van der Waals surface area contributed by atoms with Gasteiger partial charge in [-0.15, -0.1) is 0 Å². The molecule has 4 aliphatic rings. The lowest BCUT2D eigenvalue weighted by Crippen LogP contribution is -2.52. The molecule has 57 heavy (non-hydrogen) atoms. The van der Waals surface area contributed by atoms with Gasteiger partial charge in [0.05, 0.1) is 28.9 Å². The first kappa shape index (κ1) is 40.9. The van der Waals surface area contributed by atoms with Crippen LogP contribution >= 0.6 is 23.2 Å². The number of halogens is 3. The molecule has 3 aromatic rings. The van der Waals surface area contributed by atoms with E-state index in [1.807, 2.05) is 0 Å². The quantitative estimate of drug-likeness (QED) is 0.0969. The zero-order chi connectivity index (χ0) is 39.9. The summed E-state index contributed by atoms with van der Waals surface area (Å²) in [5.74, 6) is -0.00977. The van der Waals surface area contributed by atoms with Gasteiger partial charge in [0, 0.05) is 36.5 Å². The number of carbonyl (C=O) groups excluding carboxylic acids is 4. The van der Waals surface area contributed by atoms with Gasteiger partial charge >= 0.3 is 0 Å². The molecular weight excluding hydrogens is 772 g/mol. The van der Waals surface area contributed by atoms with Gasteiger partial charge in [0.25, 0.3) is 11.8 Å². The summed E-state index contributed by atoms with van der Waals surface area (Å²) in [7, 11) is 0. The second-order valence-corrected chi connectivity index (χ2v) is 16.5. The second-order valence-electron chi connectivity index (χ2n) is 15.7. The maximum Gasteiger partial charge on any atom is 0.255 e. The first-order valence-electron chi connectivity index (χ1n) is 20.3. The van der Waals surface area contributed by atoms with Gasteiger partial charge < -0.3 is 24.6 Å². The highest BCUT2D eigenvalue weighted by Crippen LogP contribution is 2.38. The number of anilines is 1. The molecule has 0 bridgehead atoms. The Hall–Kier alpha value is -4.26. The number of amides is 4. The zero-order valence-electron chi connectivity index (χ0n) is 32.1. The van der Waals surface area contributed by atoms with Gasteiger partial charge in [-0.1, -0.05) is 55.3 Å². The Morgan fingerprint density at radius 3 is 2.32 bits per heavy atom. The van der Waals surface area contributed by atoms with Crippen LogP contribution in [0.4, 0.5) is 10.1 Å². The maximum absolute atomic E-state index is 14.8. The summed E-state index contributed by atoms with van der Waals surface area (Å²) >= 11 is 12.4. The van der Waals surface area contributed by atoms with Gasteiger partial charge in [-0.05, 0) is 118 Å². The van der Waals surface area contributed by atoms with E-state index in [-0.39, 0.29) is 53.1 Å². The number of hydrogen-bond donors (Lipinski definition) is 2. The number of fused-ring (bicyclic) bond motifs is 1. The maximum atomic E-state index is 14.8. The van der Waals surface area contributed by atoms with E-state index < -0.39 is 17.8 Å². The van der Waals surface area contributed by atoms with E-state index in [1.165, 1.54) is 42.6 Å². The molecular formula is C43H50Cl2FN5O6. The fourth-order valence-corrected chi connectivity index (χ4v) is 8.54. The van der Waals surface area contributed by atoms with Crippen molar-refractivity contribution in [2.75, 3.05) is 38.2 Å². The number of nitrogens with zero attached hydrogens (tertiary/aromatic N) is 3. The molecule has 4 amide bonds. The number of aromatic nitrogens is 1. The van der Waals surface area contributed by atoms with E-state index in [9.17, 15) is 23.6 Å². The van der Waals surface area contributed by atoms with Crippen LogP contribution < -0.4 is 20.1 Å². The highest BCUT2D eigenvalue weighted by molar-refractivity contribution is 6.39. The monoisotopic (exact) mass is 821 g/mol. The van der Waals surface area contributed by atoms with Crippen LogP contribution in [0.15, 0.2) is 42.7 Å². The summed E-state index contributed by atoms with van der Waals surface area (Å²) in [5, 5.41) is 5.62. The first-order chi connectivity index (χ1) is 27.6. The number of piperidine rings is 2. The van der Waals surface area contributed by atoms with Crippen molar-refractivity contribution in [1.29, 1.82) is 0 Å². The molecule has 4 heterocycles. The molecule has 1 aromatic heterocycles. The van der Waals surface area contributed by atoms with Crippen LogP contribution in [0.1, 0.15) is 121 Å². The molecule has 1 saturated carbocycles. The third-order valence-corrected chi connectivity index (χ3v) is 12.1. The van der Waals surface area contributed by atoms with Crippen molar-refractivity contribution in [3.05, 3.63) is 80.8 Å². The molecule has 7 rings (SSSR count). The van der Waals surface area contributed by atoms with Crippen LogP contribution in [0.3, 0.4) is 0 Å². The van der Waals surface area contributed by atoms with Crippen molar-refractivity contribution in [2.45, 2.75) is 102 Å². The van der Waals surface area contributed by atoms with Crippen LogP contribution in [0, 0.1) is 11.7 Å². The van der Waals surface area contributed by atoms with Gasteiger partial charge in [0.15, 0.2) is 11.5 Å². The number of benzene rings is 2. The molecule has 0 spiro atoms. The lowest BCUT2D eigenvalue weighted by molar-refractivity contribution is -0.136. The summed E-state index contributed by atoms with van der Waals surface area (Å²) in [5.41, 5.74) is 2.79. The lowest BCUT2D eigenvalue weighted by atomic mass is 9.85. The number of likely N-dealkylation sites (tertiary alicyclic amines) is 1. The predicted molar refractivity (Wildman–Crippen MR) is 216 cm³/mol. The van der Waals surface area contributed by atoms with E-state index in [4.69, 9.17) is 32.7 Å². The fraction of sp³-hybridized carbons (Fsp3) is 0.512. The van der Waals surface area contributed by atoms with Crippen molar-refractivity contribution in [3.63, 3.8) is 0 Å². The van der Waals surface area contributed by atoms with Crippen molar-refractivity contribution in [2.24, 2.45) is 5.92 Å². The average molecular weight is 823 g/mol. The van der Waals surface area contributed by atoms with Crippen LogP contribution in [-0.4, -0.2) is 77.3 Å². The number of rotatable bonds is 18. The largest absolute Gasteiger partial charge is 0.490 e. The van der Waals surface area contributed by atoms with Crippen molar-refractivity contribution >= 4 is 52.5 Å². The number of unbranched alkanes of at least 4 members (excludes halogenated alkanes) is 6. The summed E-state index contributed by atoms with van der Waals surface area (Å²) in [6.07, 6.45) is 15.2. The highest BCUT2D eigenvalue weighted by atomic mass is 35.5. The lowest BCUT2D eigenvalue weighted by Gasteiger charge is -2.33. The summed E-state index contributed by atoms with van der Waals surface area (Å²) < 4.78 is 27.0. The topological polar surface area (TPSA) is 130 Å². The Kier molecular flexibility index (Phi) is 13.6. The third kappa shape index (κ3) is 10.4. The van der Waals surface area contributed by atoms with Crippen LogP contribution in [0.2, 0.25) is 10.0 Å². The van der Waals surface area contributed by atoms with Crippen LogP contribution in [-0.2, 0) is 16.1 Å². The zero-order valence-corrected chi connectivity index (χ0v) is 33.6. The molecule has 1 aliphatic carbocycles. The Bertz CT molecular complexity index is 1950. The molecule has 1 atom stereocenters. The van der Waals surface area contributed by atoms with Gasteiger partial charge in [-0.3, -0.25) is 29.5 Å². The van der Waals surface area contributed by atoms with E-state index in [1.54, 1.807) is 24.3 Å². The van der Waals surface area contributed by atoms with Crippen molar-refractivity contribution in [3.8, 4) is 11.5 Å². The average Bonchev–Trinajstić information content (AvgIpc) is 3.98. The van der Waals surface area contributed by atoms with Crippen LogP contribution in [0.5, 0.6) is 11.5 Å². The molecule has 11 nitrogen and oxygen atoms in total. The smallest absolute Gasteiger partial charge is 0.255 e. The number of pyridine rings is 1. The Labute approximate surface area is 342 Å². The van der Waals surface area contributed by atoms with E-state index in [0.29, 0.717) is 47.4 Å². The first-order valence-corrected chi connectivity index (χ1v) is 21.1. The second kappa shape index (κ2) is 19.0. The molecule has 3 aliphatic heterocycles. The number of ether oxygens (including phenoxy) is 2. The molecule has 14 heteroatoms. The minimum Gasteiger partial charge on any atom is -0.490 e. The normalized spacial score (nSPS) is 18.8. The predicted octanol–water partition coefficient (Wildman–Crippen LogP) is 8.32. The van der Waals surface area contributed by atoms with Gasteiger partial charge in [-0.25, -0.2) is 4.39 Å². The number of hydrogen-bond acceptors (Lipinski definition) is 8. The molecule has 304 valence electrons.